The third-order valence-corrected chi connectivity index (χ3v) is 2.94. The molecule has 16 heavy (non-hydrogen) atoms. The van der Waals surface area contributed by atoms with Gasteiger partial charge in [0.25, 0.3) is 0 Å². The highest BCUT2D eigenvalue weighted by atomic mass is 19.1. The van der Waals surface area contributed by atoms with Crippen LogP contribution in [-0.2, 0) is 6.42 Å². The van der Waals surface area contributed by atoms with Crippen LogP contribution in [0.15, 0.2) is 36.4 Å². The highest BCUT2D eigenvalue weighted by Crippen LogP contribution is 2.18. The fourth-order valence-corrected chi connectivity index (χ4v) is 2.00. The summed E-state index contributed by atoms with van der Waals surface area (Å²) >= 11 is 0. The van der Waals surface area contributed by atoms with Gasteiger partial charge >= 0.3 is 0 Å². The molecule has 0 spiro atoms. The molecule has 0 nitrogen and oxygen atoms in total. The summed E-state index contributed by atoms with van der Waals surface area (Å²) in [5.41, 5.74) is 1.35. The maximum Gasteiger partial charge on any atom is 0.123 e. The van der Waals surface area contributed by atoms with E-state index in [4.69, 9.17) is 0 Å². The number of aryl methyl sites for hydroxylation is 1. The van der Waals surface area contributed by atoms with Gasteiger partial charge in [0, 0.05) is 0 Å². The second-order valence-corrected chi connectivity index (χ2v) is 4.28. The van der Waals surface area contributed by atoms with Gasteiger partial charge in [-0.1, -0.05) is 44.0 Å². The summed E-state index contributed by atoms with van der Waals surface area (Å²) in [5, 5.41) is 2.12. The minimum atomic E-state index is -0.161. The maximum atomic E-state index is 13.0. The van der Waals surface area contributed by atoms with E-state index >= 15 is 0 Å². The number of hydrogen-bond donors (Lipinski definition) is 0. The molecule has 0 unspecified atom stereocenters. The van der Waals surface area contributed by atoms with Crippen molar-refractivity contribution in [3.05, 3.63) is 47.8 Å². The van der Waals surface area contributed by atoms with E-state index in [0.29, 0.717) is 0 Å². The first-order valence-corrected chi connectivity index (χ1v) is 5.98. The molecule has 2 aromatic carbocycles. The predicted octanol–water partition coefficient (Wildman–Crippen LogP) is 4.71. The van der Waals surface area contributed by atoms with Gasteiger partial charge in [-0.15, -0.1) is 0 Å². The van der Waals surface area contributed by atoms with Crippen LogP contribution in [0.25, 0.3) is 10.8 Å². The van der Waals surface area contributed by atoms with E-state index in [2.05, 4.69) is 19.1 Å². The standard InChI is InChI=1S/C15H17F/c1-2-3-4-5-12-6-7-14-11-15(16)9-8-13(14)10-12/h6-11H,2-5H2,1H3. The van der Waals surface area contributed by atoms with Gasteiger partial charge in [-0.25, -0.2) is 4.39 Å². The molecule has 0 heterocycles. The quantitative estimate of drug-likeness (QED) is 0.649. The van der Waals surface area contributed by atoms with Crippen molar-refractivity contribution in [2.75, 3.05) is 0 Å². The molecular weight excluding hydrogens is 199 g/mol. The number of fused-ring (bicyclic) bond motifs is 1. The van der Waals surface area contributed by atoms with Crippen molar-refractivity contribution in [1.29, 1.82) is 0 Å². The molecule has 84 valence electrons. The molecule has 0 radical (unpaired) electrons. The average molecular weight is 216 g/mol. The Labute approximate surface area is 96.1 Å². The van der Waals surface area contributed by atoms with E-state index < -0.39 is 0 Å². The summed E-state index contributed by atoms with van der Waals surface area (Å²) in [5.74, 6) is -0.161. The number of unbranched alkanes of at least 4 members (excludes halogenated alkanes) is 2. The van der Waals surface area contributed by atoms with E-state index in [9.17, 15) is 4.39 Å². The third kappa shape index (κ3) is 2.60. The van der Waals surface area contributed by atoms with Crippen molar-refractivity contribution in [3.63, 3.8) is 0 Å². The summed E-state index contributed by atoms with van der Waals surface area (Å²) in [6.07, 6.45) is 4.89. The Hall–Kier alpha value is -1.37. The molecule has 0 amide bonds. The van der Waals surface area contributed by atoms with Gasteiger partial charge in [-0.2, -0.15) is 0 Å². The van der Waals surface area contributed by atoms with E-state index in [0.717, 1.165) is 17.2 Å². The van der Waals surface area contributed by atoms with Crippen LogP contribution in [0.2, 0.25) is 0 Å². The largest absolute Gasteiger partial charge is 0.207 e. The Bertz CT molecular complexity index is 474. The van der Waals surface area contributed by atoms with Crippen molar-refractivity contribution in [1.82, 2.24) is 0 Å². The van der Waals surface area contributed by atoms with Gasteiger partial charge in [0.05, 0.1) is 0 Å². The average Bonchev–Trinajstić information content (AvgIpc) is 2.29. The molecule has 0 aliphatic heterocycles. The van der Waals surface area contributed by atoms with Gasteiger partial charge in [0.1, 0.15) is 5.82 Å². The summed E-state index contributed by atoms with van der Waals surface area (Å²) in [6, 6.07) is 11.3. The fourth-order valence-electron chi connectivity index (χ4n) is 2.00. The van der Waals surface area contributed by atoms with E-state index in [-0.39, 0.29) is 5.82 Å². The van der Waals surface area contributed by atoms with Crippen LogP contribution in [0.5, 0.6) is 0 Å². The Morgan fingerprint density at radius 2 is 1.69 bits per heavy atom. The molecule has 0 aliphatic carbocycles. The molecule has 0 saturated heterocycles. The van der Waals surface area contributed by atoms with Crippen molar-refractivity contribution in [3.8, 4) is 0 Å². The highest BCUT2D eigenvalue weighted by molar-refractivity contribution is 5.83. The van der Waals surface area contributed by atoms with Gasteiger partial charge in [-0.05, 0) is 41.3 Å². The Kier molecular flexibility index (Phi) is 3.55. The lowest BCUT2D eigenvalue weighted by Gasteiger charge is -2.03. The van der Waals surface area contributed by atoms with Crippen LogP contribution in [0.3, 0.4) is 0 Å². The van der Waals surface area contributed by atoms with Crippen molar-refractivity contribution < 1.29 is 4.39 Å². The van der Waals surface area contributed by atoms with Gasteiger partial charge in [0.15, 0.2) is 0 Å². The molecule has 0 fully saturated rings. The molecule has 0 saturated carbocycles. The number of hydrogen-bond acceptors (Lipinski definition) is 0. The van der Waals surface area contributed by atoms with Crippen LogP contribution >= 0.6 is 0 Å². The van der Waals surface area contributed by atoms with E-state index in [1.165, 1.54) is 30.9 Å². The maximum absolute atomic E-state index is 13.0. The normalized spacial score (nSPS) is 10.9. The topological polar surface area (TPSA) is 0 Å². The summed E-state index contributed by atoms with van der Waals surface area (Å²) < 4.78 is 13.0. The highest BCUT2D eigenvalue weighted by Gasteiger charge is 1.98. The summed E-state index contributed by atoms with van der Waals surface area (Å²) in [4.78, 5) is 0. The number of halogens is 1. The smallest absolute Gasteiger partial charge is 0.123 e. The zero-order valence-electron chi connectivity index (χ0n) is 9.67. The van der Waals surface area contributed by atoms with E-state index in [1.54, 1.807) is 6.07 Å². The van der Waals surface area contributed by atoms with Crippen molar-refractivity contribution in [2.24, 2.45) is 0 Å². The monoisotopic (exact) mass is 216 g/mol. The van der Waals surface area contributed by atoms with Crippen LogP contribution in [0.4, 0.5) is 4.39 Å². The number of benzene rings is 2. The first-order chi connectivity index (χ1) is 7.79. The zero-order chi connectivity index (χ0) is 11.4. The Balaban J connectivity index is 2.20. The van der Waals surface area contributed by atoms with Gasteiger partial charge in [-0.3, -0.25) is 0 Å². The molecule has 2 rings (SSSR count). The van der Waals surface area contributed by atoms with Crippen LogP contribution in [0, 0.1) is 5.82 Å². The minimum Gasteiger partial charge on any atom is -0.207 e. The first kappa shape index (κ1) is 11.1. The van der Waals surface area contributed by atoms with Crippen LogP contribution in [0.1, 0.15) is 31.7 Å². The Morgan fingerprint density at radius 1 is 0.938 bits per heavy atom. The molecule has 1 heteroatoms. The third-order valence-electron chi connectivity index (χ3n) is 2.94. The van der Waals surface area contributed by atoms with Gasteiger partial charge in [0.2, 0.25) is 0 Å². The second-order valence-electron chi connectivity index (χ2n) is 4.28. The fraction of sp³-hybridized carbons (Fsp3) is 0.333. The van der Waals surface area contributed by atoms with Crippen molar-refractivity contribution >= 4 is 10.8 Å². The Morgan fingerprint density at radius 3 is 2.50 bits per heavy atom. The molecule has 0 aromatic heterocycles. The van der Waals surface area contributed by atoms with E-state index in [1.807, 2.05) is 12.1 Å². The lowest BCUT2D eigenvalue weighted by molar-refractivity contribution is 0.629. The van der Waals surface area contributed by atoms with Gasteiger partial charge < -0.3 is 0 Å². The van der Waals surface area contributed by atoms with Crippen LogP contribution in [-0.4, -0.2) is 0 Å². The SMILES string of the molecule is CCCCCc1ccc2cc(F)ccc2c1. The molecular formula is C15H17F. The van der Waals surface area contributed by atoms with Crippen molar-refractivity contribution in [2.45, 2.75) is 32.6 Å². The lowest BCUT2D eigenvalue weighted by atomic mass is 10.0. The lowest BCUT2D eigenvalue weighted by Crippen LogP contribution is -1.86. The van der Waals surface area contributed by atoms with Crippen LogP contribution < -0.4 is 0 Å². The molecule has 2 aromatic rings. The summed E-state index contributed by atoms with van der Waals surface area (Å²) in [6.45, 7) is 2.21. The summed E-state index contributed by atoms with van der Waals surface area (Å²) in [7, 11) is 0. The second kappa shape index (κ2) is 5.11. The first-order valence-electron chi connectivity index (χ1n) is 5.98. The molecule has 0 aliphatic rings. The minimum absolute atomic E-state index is 0.161. The zero-order valence-corrected chi connectivity index (χ0v) is 9.67. The molecule has 0 N–H and O–H groups in total. The molecule has 0 bridgehead atoms. The number of rotatable bonds is 4. The molecule has 0 atom stereocenters. The predicted molar refractivity (Wildman–Crippen MR) is 67.1 cm³/mol.